The molecule has 0 saturated heterocycles. The van der Waals surface area contributed by atoms with Gasteiger partial charge in [0.25, 0.3) is 0 Å². The van der Waals surface area contributed by atoms with Crippen molar-refractivity contribution in [2.24, 2.45) is 0 Å². The van der Waals surface area contributed by atoms with E-state index in [9.17, 15) is 8.78 Å². The molecule has 5 nitrogen and oxygen atoms in total. The Hall–Kier alpha value is -2.88. The Morgan fingerprint density at radius 3 is 2.76 bits per heavy atom. The molecule has 0 saturated carbocycles. The summed E-state index contributed by atoms with van der Waals surface area (Å²) in [6.07, 6.45) is -2.10. The van der Waals surface area contributed by atoms with Gasteiger partial charge in [0.15, 0.2) is 11.5 Å². The highest BCUT2D eigenvalue weighted by atomic mass is 19.3. The van der Waals surface area contributed by atoms with Gasteiger partial charge in [-0.3, -0.25) is 0 Å². The fourth-order valence-corrected chi connectivity index (χ4v) is 1.96. The Morgan fingerprint density at radius 1 is 1.24 bits per heavy atom. The second-order valence-corrected chi connectivity index (χ2v) is 4.42. The first-order valence-corrected chi connectivity index (χ1v) is 6.01. The molecule has 1 N–H and O–H groups in total. The summed E-state index contributed by atoms with van der Waals surface area (Å²) in [4.78, 5) is 4.07. The fourth-order valence-electron chi connectivity index (χ4n) is 1.96. The molecule has 0 amide bonds. The van der Waals surface area contributed by atoms with Crippen molar-refractivity contribution < 1.29 is 18.3 Å². The van der Waals surface area contributed by atoms with Crippen molar-refractivity contribution in [1.82, 2.24) is 4.98 Å². The van der Waals surface area contributed by atoms with Crippen LogP contribution in [0.25, 0.3) is 0 Å². The van der Waals surface area contributed by atoms with Crippen molar-refractivity contribution in [3.8, 4) is 17.6 Å². The van der Waals surface area contributed by atoms with E-state index in [-0.39, 0.29) is 11.5 Å². The van der Waals surface area contributed by atoms with Gasteiger partial charge in [-0.2, -0.15) is 5.26 Å². The van der Waals surface area contributed by atoms with Crippen molar-refractivity contribution >= 4 is 11.5 Å². The molecule has 0 aliphatic carbocycles. The Labute approximate surface area is 118 Å². The number of anilines is 2. The molecule has 1 aliphatic rings. The van der Waals surface area contributed by atoms with Gasteiger partial charge in [0, 0.05) is 18.0 Å². The Kier molecular flexibility index (Phi) is 2.87. The number of halogens is 2. The van der Waals surface area contributed by atoms with E-state index < -0.39 is 6.29 Å². The number of nitrogens with zero attached hydrogens (tertiary/aromatic N) is 2. The van der Waals surface area contributed by atoms with Crippen LogP contribution in [0, 0.1) is 18.3 Å². The van der Waals surface area contributed by atoms with Crippen LogP contribution < -0.4 is 14.8 Å². The highest BCUT2D eigenvalue weighted by Crippen LogP contribution is 2.42. The predicted octanol–water partition coefficient (Wildman–Crippen LogP) is 3.33. The van der Waals surface area contributed by atoms with Gasteiger partial charge >= 0.3 is 6.29 Å². The highest BCUT2D eigenvalue weighted by Gasteiger charge is 2.43. The first kappa shape index (κ1) is 13.1. The van der Waals surface area contributed by atoms with Crippen molar-refractivity contribution in [2.45, 2.75) is 13.2 Å². The molecule has 0 spiro atoms. The molecule has 21 heavy (non-hydrogen) atoms. The summed E-state index contributed by atoms with van der Waals surface area (Å²) < 4.78 is 34.6. The third-order valence-electron chi connectivity index (χ3n) is 2.94. The molecule has 3 rings (SSSR count). The molecule has 0 fully saturated rings. The molecule has 0 bridgehead atoms. The van der Waals surface area contributed by atoms with E-state index in [1.807, 2.05) is 6.07 Å². The Balaban J connectivity index is 1.92. The number of benzene rings is 1. The van der Waals surface area contributed by atoms with Gasteiger partial charge in [0.1, 0.15) is 11.9 Å². The predicted molar refractivity (Wildman–Crippen MR) is 69.6 cm³/mol. The minimum atomic E-state index is -3.65. The molecular formula is C14H9F2N3O2. The number of fused-ring (bicyclic) bond motifs is 1. The zero-order valence-corrected chi connectivity index (χ0v) is 10.9. The van der Waals surface area contributed by atoms with Gasteiger partial charge in [-0.05, 0) is 30.7 Å². The lowest BCUT2D eigenvalue weighted by atomic mass is 10.1. The van der Waals surface area contributed by atoms with E-state index in [1.54, 1.807) is 19.2 Å². The standard InChI is InChI=1S/C14H9F2N3O2/c1-8-4-5-18-13(10(8)7-17)19-9-2-3-11-12(6-9)21-14(15,16)20-11/h2-6H,1H3,(H,18,19). The highest BCUT2D eigenvalue weighted by molar-refractivity contribution is 5.67. The van der Waals surface area contributed by atoms with Crippen molar-refractivity contribution in [1.29, 1.82) is 5.26 Å². The molecule has 0 atom stereocenters. The van der Waals surface area contributed by atoms with E-state index in [1.165, 1.54) is 18.2 Å². The molecule has 1 aromatic heterocycles. The summed E-state index contributed by atoms with van der Waals surface area (Å²) in [5.74, 6) is 0.238. The lowest BCUT2D eigenvalue weighted by Gasteiger charge is -2.09. The number of rotatable bonds is 2. The first-order valence-electron chi connectivity index (χ1n) is 6.01. The zero-order chi connectivity index (χ0) is 15.0. The van der Waals surface area contributed by atoms with Crippen LogP contribution in [0.15, 0.2) is 30.5 Å². The van der Waals surface area contributed by atoms with E-state index in [0.29, 0.717) is 17.1 Å². The van der Waals surface area contributed by atoms with Crippen LogP contribution in [0.3, 0.4) is 0 Å². The van der Waals surface area contributed by atoms with Crippen LogP contribution in [0.1, 0.15) is 11.1 Å². The molecule has 2 aromatic rings. The maximum atomic E-state index is 12.9. The van der Waals surface area contributed by atoms with Crippen molar-refractivity contribution in [2.75, 3.05) is 5.32 Å². The van der Waals surface area contributed by atoms with Gasteiger partial charge < -0.3 is 14.8 Å². The van der Waals surface area contributed by atoms with Crippen molar-refractivity contribution in [3.63, 3.8) is 0 Å². The normalized spacial score (nSPS) is 14.6. The molecule has 1 aliphatic heterocycles. The van der Waals surface area contributed by atoms with Crippen LogP contribution >= 0.6 is 0 Å². The summed E-state index contributed by atoms with van der Waals surface area (Å²) >= 11 is 0. The van der Waals surface area contributed by atoms with E-state index in [2.05, 4.69) is 19.8 Å². The third-order valence-corrected chi connectivity index (χ3v) is 2.94. The minimum absolute atomic E-state index is 0.0386. The average Bonchev–Trinajstić information content (AvgIpc) is 2.72. The molecule has 7 heteroatoms. The zero-order valence-electron chi connectivity index (χ0n) is 10.9. The number of aryl methyl sites for hydroxylation is 1. The summed E-state index contributed by atoms with van der Waals surface area (Å²) in [6, 6.07) is 8.02. The molecule has 1 aromatic carbocycles. The van der Waals surface area contributed by atoms with Gasteiger partial charge in [-0.25, -0.2) is 4.98 Å². The fraction of sp³-hybridized carbons (Fsp3) is 0.143. The first-order chi connectivity index (χ1) is 9.98. The van der Waals surface area contributed by atoms with Crippen LogP contribution in [0.2, 0.25) is 0 Å². The second-order valence-electron chi connectivity index (χ2n) is 4.42. The number of aromatic nitrogens is 1. The molecule has 0 unspecified atom stereocenters. The van der Waals surface area contributed by atoms with E-state index >= 15 is 0 Å². The number of pyridine rings is 1. The average molecular weight is 289 g/mol. The van der Waals surface area contributed by atoms with Crippen LogP contribution in [-0.4, -0.2) is 11.3 Å². The maximum Gasteiger partial charge on any atom is 0.586 e. The lowest BCUT2D eigenvalue weighted by Crippen LogP contribution is -2.25. The van der Waals surface area contributed by atoms with E-state index in [0.717, 1.165) is 5.56 Å². The maximum absolute atomic E-state index is 12.9. The number of hydrogen-bond donors (Lipinski definition) is 1. The number of hydrogen-bond acceptors (Lipinski definition) is 5. The summed E-state index contributed by atoms with van der Waals surface area (Å²) in [5.41, 5.74) is 1.62. The smallest absolute Gasteiger partial charge is 0.395 e. The van der Waals surface area contributed by atoms with E-state index in [4.69, 9.17) is 5.26 Å². The third kappa shape index (κ3) is 2.43. The number of alkyl halides is 2. The monoisotopic (exact) mass is 289 g/mol. The largest absolute Gasteiger partial charge is 0.586 e. The second kappa shape index (κ2) is 4.59. The topological polar surface area (TPSA) is 67.2 Å². The van der Waals surface area contributed by atoms with Crippen molar-refractivity contribution in [3.05, 3.63) is 41.6 Å². The van der Waals surface area contributed by atoms with Crippen LogP contribution in [-0.2, 0) is 0 Å². The SMILES string of the molecule is Cc1ccnc(Nc2ccc3c(c2)OC(F)(F)O3)c1C#N. The summed E-state index contributed by atoms with van der Waals surface area (Å²) in [5, 5.41) is 12.0. The number of nitrogens with one attached hydrogen (secondary N) is 1. The number of ether oxygens (including phenoxy) is 2. The lowest BCUT2D eigenvalue weighted by molar-refractivity contribution is -0.286. The van der Waals surface area contributed by atoms with Crippen LogP contribution in [0.5, 0.6) is 11.5 Å². The Morgan fingerprint density at radius 2 is 2.00 bits per heavy atom. The summed E-state index contributed by atoms with van der Waals surface area (Å²) in [6.45, 7) is 1.78. The quantitative estimate of drug-likeness (QED) is 0.918. The minimum Gasteiger partial charge on any atom is -0.395 e. The van der Waals surface area contributed by atoms with Gasteiger partial charge in [0.05, 0.1) is 5.56 Å². The molecule has 0 radical (unpaired) electrons. The molecular weight excluding hydrogens is 280 g/mol. The van der Waals surface area contributed by atoms with Crippen LogP contribution in [0.4, 0.5) is 20.3 Å². The van der Waals surface area contributed by atoms with Gasteiger partial charge in [-0.1, -0.05) is 0 Å². The van der Waals surface area contributed by atoms with Gasteiger partial charge in [0.2, 0.25) is 0 Å². The van der Waals surface area contributed by atoms with Gasteiger partial charge in [-0.15, -0.1) is 8.78 Å². The Bertz CT molecular complexity index is 756. The molecule has 106 valence electrons. The summed E-state index contributed by atoms with van der Waals surface area (Å²) in [7, 11) is 0. The number of nitriles is 1. The molecule has 2 heterocycles.